The molecule has 7 heteroatoms. The van der Waals surface area contributed by atoms with Crippen molar-refractivity contribution in [3.05, 3.63) is 59.0 Å². The van der Waals surface area contributed by atoms with Gasteiger partial charge in [-0.3, -0.25) is 19.4 Å². The topological polar surface area (TPSA) is 63.0 Å². The number of furan rings is 1. The quantitative estimate of drug-likeness (QED) is 0.539. The average Bonchev–Trinajstić information content (AvgIpc) is 3.24. The summed E-state index contributed by atoms with van der Waals surface area (Å²) in [5.74, 6) is 2.92. The van der Waals surface area contributed by atoms with Crippen LogP contribution in [-0.4, -0.2) is 60.2 Å². The van der Waals surface area contributed by atoms with Crippen LogP contribution in [0.1, 0.15) is 32.2 Å². The molecule has 1 aromatic carbocycles. The molecule has 0 aliphatic carbocycles. The third kappa shape index (κ3) is 4.10. The van der Waals surface area contributed by atoms with Gasteiger partial charge in [-0.15, -0.1) is 0 Å². The molecule has 0 spiro atoms. The lowest BCUT2D eigenvalue weighted by Gasteiger charge is -2.25. The molecule has 2 amide bonds. The normalized spacial score (nSPS) is 17.6. The van der Waals surface area contributed by atoms with E-state index in [2.05, 4.69) is 4.90 Å². The lowest BCUT2D eigenvalue weighted by molar-refractivity contribution is 0.0312. The van der Waals surface area contributed by atoms with Crippen LogP contribution in [-0.2, 0) is 17.0 Å². The Kier molecular flexibility index (Phi) is 5.61. The SMILES string of the molecule is O=C1c2ccccc2C(=O)N1CCSCc1ccc(CN2CCOCC2)o1. The maximum absolute atomic E-state index is 12.3. The van der Waals surface area contributed by atoms with Gasteiger partial charge in [0.25, 0.3) is 11.8 Å². The van der Waals surface area contributed by atoms with Crippen LogP contribution < -0.4 is 0 Å². The predicted molar refractivity (Wildman–Crippen MR) is 103 cm³/mol. The van der Waals surface area contributed by atoms with Crippen molar-refractivity contribution in [3.63, 3.8) is 0 Å². The fourth-order valence-corrected chi connectivity index (χ4v) is 4.15. The Morgan fingerprint density at radius 2 is 1.59 bits per heavy atom. The van der Waals surface area contributed by atoms with E-state index in [-0.39, 0.29) is 11.8 Å². The number of imide groups is 1. The highest BCUT2D eigenvalue weighted by molar-refractivity contribution is 7.98. The minimum atomic E-state index is -0.193. The lowest BCUT2D eigenvalue weighted by atomic mass is 10.1. The van der Waals surface area contributed by atoms with Crippen molar-refractivity contribution in [3.8, 4) is 0 Å². The second-order valence-electron chi connectivity index (χ2n) is 6.62. The van der Waals surface area contributed by atoms with Crippen LogP contribution in [0, 0.1) is 0 Å². The van der Waals surface area contributed by atoms with Gasteiger partial charge in [0.2, 0.25) is 0 Å². The van der Waals surface area contributed by atoms with E-state index >= 15 is 0 Å². The molecule has 1 fully saturated rings. The summed E-state index contributed by atoms with van der Waals surface area (Å²) in [4.78, 5) is 28.3. The standard InChI is InChI=1S/C20H22N2O4S/c23-19-17-3-1-2-4-18(17)20(24)22(19)9-12-27-14-16-6-5-15(26-16)13-21-7-10-25-11-8-21/h1-6H,7-14H2. The number of carbonyl (C=O) groups is 2. The summed E-state index contributed by atoms with van der Waals surface area (Å²) >= 11 is 1.66. The molecule has 0 radical (unpaired) electrons. The molecule has 27 heavy (non-hydrogen) atoms. The molecule has 0 bridgehead atoms. The molecular weight excluding hydrogens is 364 g/mol. The first-order chi connectivity index (χ1) is 13.2. The number of nitrogens with zero attached hydrogens (tertiary/aromatic N) is 2. The van der Waals surface area contributed by atoms with Gasteiger partial charge in [-0.2, -0.15) is 11.8 Å². The van der Waals surface area contributed by atoms with Crippen molar-refractivity contribution in [2.45, 2.75) is 12.3 Å². The molecule has 2 aliphatic rings. The molecule has 3 heterocycles. The average molecular weight is 386 g/mol. The van der Waals surface area contributed by atoms with Gasteiger partial charge < -0.3 is 9.15 Å². The van der Waals surface area contributed by atoms with Gasteiger partial charge in [-0.25, -0.2) is 0 Å². The van der Waals surface area contributed by atoms with E-state index in [9.17, 15) is 9.59 Å². The minimum absolute atomic E-state index is 0.193. The molecular formula is C20H22N2O4S. The maximum atomic E-state index is 12.3. The Bertz CT molecular complexity index is 794. The van der Waals surface area contributed by atoms with Gasteiger partial charge in [0.15, 0.2) is 0 Å². The number of thioether (sulfide) groups is 1. The highest BCUT2D eigenvalue weighted by atomic mass is 32.2. The second kappa shape index (κ2) is 8.29. The van der Waals surface area contributed by atoms with Gasteiger partial charge in [0.05, 0.1) is 36.6 Å². The summed E-state index contributed by atoms with van der Waals surface area (Å²) in [6.07, 6.45) is 0. The lowest BCUT2D eigenvalue weighted by Crippen LogP contribution is -2.35. The van der Waals surface area contributed by atoms with Crippen molar-refractivity contribution < 1.29 is 18.7 Å². The highest BCUT2D eigenvalue weighted by Gasteiger charge is 2.34. The van der Waals surface area contributed by atoms with Crippen LogP contribution in [0.4, 0.5) is 0 Å². The number of hydrogen-bond acceptors (Lipinski definition) is 6. The summed E-state index contributed by atoms with van der Waals surface area (Å²) < 4.78 is 11.3. The van der Waals surface area contributed by atoms with Crippen molar-refractivity contribution in [1.82, 2.24) is 9.80 Å². The van der Waals surface area contributed by atoms with Crippen molar-refractivity contribution in [2.75, 3.05) is 38.6 Å². The van der Waals surface area contributed by atoms with Crippen LogP contribution in [0.25, 0.3) is 0 Å². The first-order valence-corrected chi connectivity index (χ1v) is 10.3. The second-order valence-corrected chi connectivity index (χ2v) is 7.72. The number of rotatable bonds is 7. The molecule has 1 aromatic heterocycles. The Balaban J connectivity index is 1.23. The molecule has 2 aromatic rings. The van der Waals surface area contributed by atoms with E-state index in [0.29, 0.717) is 23.4 Å². The molecule has 142 valence electrons. The molecule has 0 unspecified atom stereocenters. The fourth-order valence-electron chi connectivity index (χ4n) is 3.34. The predicted octanol–water partition coefficient (Wildman–Crippen LogP) is 2.64. The van der Waals surface area contributed by atoms with Crippen molar-refractivity contribution in [1.29, 1.82) is 0 Å². The van der Waals surface area contributed by atoms with Crippen LogP contribution in [0.5, 0.6) is 0 Å². The molecule has 2 aliphatic heterocycles. The number of carbonyl (C=O) groups excluding carboxylic acids is 2. The van der Waals surface area contributed by atoms with Crippen molar-refractivity contribution >= 4 is 23.6 Å². The van der Waals surface area contributed by atoms with Crippen molar-refractivity contribution in [2.24, 2.45) is 0 Å². The third-order valence-corrected chi connectivity index (χ3v) is 5.74. The molecule has 0 atom stereocenters. The van der Waals surface area contributed by atoms with E-state index in [1.54, 1.807) is 36.0 Å². The number of morpholine rings is 1. The summed E-state index contributed by atoms with van der Waals surface area (Å²) in [5, 5.41) is 0. The molecule has 1 saturated heterocycles. The van der Waals surface area contributed by atoms with Crippen LogP contribution in [0.2, 0.25) is 0 Å². The summed E-state index contributed by atoms with van der Waals surface area (Å²) in [6, 6.07) is 11.0. The summed E-state index contributed by atoms with van der Waals surface area (Å²) in [6.45, 7) is 4.65. The van der Waals surface area contributed by atoms with E-state index in [1.807, 2.05) is 12.1 Å². The number of benzene rings is 1. The number of amides is 2. The van der Waals surface area contributed by atoms with Gasteiger partial charge in [0.1, 0.15) is 11.5 Å². The summed E-state index contributed by atoms with van der Waals surface area (Å²) in [5.41, 5.74) is 1.01. The van der Waals surface area contributed by atoms with Gasteiger partial charge in [-0.1, -0.05) is 12.1 Å². The van der Waals surface area contributed by atoms with E-state index in [1.165, 1.54) is 4.90 Å². The first-order valence-electron chi connectivity index (χ1n) is 9.13. The Hall–Kier alpha value is -2.09. The smallest absolute Gasteiger partial charge is 0.261 e. The Morgan fingerprint density at radius 1 is 0.926 bits per heavy atom. The van der Waals surface area contributed by atoms with Crippen LogP contribution >= 0.6 is 11.8 Å². The number of hydrogen-bond donors (Lipinski definition) is 0. The number of fused-ring (bicyclic) bond motifs is 1. The minimum Gasteiger partial charge on any atom is -0.464 e. The zero-order valence-corrected chi connectivity index (χ0v) is 15.9. The molecule has 4 rings (SSSR count). The first kappa shape index (κ1) is 18.3. The summed E-state index contributed by atoms with van der Waals surface area (Å²) in [7, 11) is 0. The Labute approximate surface area is 162 Å². The molecule has 6 nitrogen and oxygen atoms in total. The zero-order chi connectivity index (χ0) is 18.6. The van der Waals surface area contributed by atoms with E-state index < -0.39 is 0 Å². The zero-order valence-electron chi connectivity index (χ0n) is 15.1. The van der Waals surface area contributed by atoms with E-state index in [4.69, 9.17) is 9.15 Å². The molecule has 0 saturated carbocycles. The highest BCUT2D eigenvalue weighted by Crippen LogP contribution is 2.23. The largest absolute Gasteiger partial charge is 0.464 e. The van der Waals surface area contributed by atoms with Gasteiger partial charge in [0, 0.05) is 25.4 Å². The Morgan fingerprint density at radius 3 is 2.30 bits per heavy atom. The van der Waals surface area contributed by atoms with Gasteiger partial charge in [-0.05, 0) is 24.3 Å². The maximum Gasteiger partial charge on any atom is 0.261 e. The van der Waals surface area contributed by atoms with Gasteiger partial charge >= 0.3 is 0 Å². The fraction of sp³-hybridized carbons (Fsp3) is 0.400. The number of ether oxygens (including phenoxy) is 1. The van der Waals surface area contributed by atoms with Crippen LogP contribution in [0.3, 0.4) is 0 Å². The van der Waals surface area contributed by atoms with Crippen LogP contribution in [0.15, 0.2) is 40.8 Å². The third-order valence-electron chi connectivity index (χ3n) is 4.78. The monoisotopic (exact) mass is 386 g/mol. The molecule has 0 N–H and O–H groups in total. The van der Waals surface area contributed by atoms with E-state index in [0.717, 1.165) is 50.1 Å².